The van der Waals surface area contributed by atoms with Crippen LogP contribution in [0.1, 0.15) is 24.1 Å². The third-order valence-corrected chi connectivity index (χ3v) is 7.03. The first-order valence-electron chi connectivity index (χ1n) is 9.99. The van der Waals surface area contributed by atoms with Crippen molar-refractivity contribution in [1.82, 2.24) is 5.32 Å². The Kier molecular flexibility index (Phi) is 7.43. The summed E-state index contributed by atoms with van der Waals surface area (Å²) >= 11 is 5.98. The minimum atomic E-state index is -3.99. The largest absolute Gasteiger partial charge is 0.496 e. The second kappa shape index (κ2) is 10.1. The minimum absolute atomic E-state index is 0.101. The molecular weight excluding hydrogens is 448 g/mol. The van der Waals surface area contributed by atoms with Gasteiger partial charge >= 0.3 is 0 Å². The third kappa shape index (κ3) is 5.41. The fourth-order valence-electron chi connectivity index (χ4n) is 3.28. The van der Waals surface area contributed by atoms with Crippen molar-refractivity contribution in [2.24, 2.45) is 0 Å². The van der Waals surface area contributed by atoms with Gasteiger partial charge in [0.15, 0.2) is 0 Å². The van der Waals surface area contributed by atoms with Crippen LogP contribution in [0.15, 0.2) is 77.7 Å². The van der Waals surface area contributed by atoms with Crippen LogP contribution < -0.4 is 14.4 Å². The van der Waals surface area contributed by atoms with Crippen LogP contribution in [0.4, 0.5) is 5.69 Å². The zero-order chi connectivity index (χ0) is 23.3. The lowest BCUT2D eigenvalue weighted by atomic mass is 10.1. The lowest BCUT2D eigenvalue weighted by Crippen LogP contribution is -2.41. The van der Waals surface area contributed by atoms with Crippen LogP contribution in [-0.4, -0.2) is 28.0 Å². The number of nitrogens with one attached hydrogen (secondary N) is 1. The summed E-state index contributed by atoms with van der Waals surface area (Å²) in [6, 6.07) is 19.8. The van der Waals surface area contributed by atoms with Crippen molar-refractivity contribution in [1.29, 1.82) is 0 Å². The number of carbonyl (C=O) groups excluding carboxylic acids is 1. The number of sulfonamides is 1. The number of halogens is 1. The van der Waals surface area contributed by atoms with Crippen molar-refractivity contribution in [3.05, 3.63) is 88.9 Å². The number of benzene rings is 3. The fourth-order valence-corrected chi connectivity index (χ4v) is 4.83. The Labute approximate surface area is 193 Å². The van der Waals surface area contributed by atoms with Gasteiger partial charge in [0.05, 0.1) is 23.7 Å². The maximum atomic E-state index is 13.4. The Morgan fingerprint density at radius 3 is 2.28 bits per heavy atom. The van der Waals surface area contributed by atoms with Gasteiger partial charge in [0.2, 0.25) is 5.91 Å². The van der Waals surface area contributed by atoms with E-state index >= 15 is 0 Å². The predicted molar refractivity (Wildman–Crippen MR) is 127 cm³/mol. The maximum absolute atomic E-state index is 13.4. The van der Waals surface area contributed by atoms with Crippen LogP contribution in [0.3, 0.4) is 0 Å². The molecule has 3 aromatic rings. The van der Waals surface area contributed by atoms with Gasteiger partial charge in [-0.3, -0.25) is 9.10 Å². The second-order valence-electron chi connectivity index (χ2n) is 7.33. The average molecular weight is 473 g/mol. The van der Waals surface area contributed by atoms with E-state index in [-0.39, 0.29) is 10.9 Å². The minimum Gasteiger partial charge on any atom is -0.496 e. The van der Waals surface area contributed by atoms with E-state index in [4.69, 9.17) is 16.3 Å². The molecule has 3 rings (SSSR count). The lowest BCUT2D eigenvalue weighted by molar-refractivity contribution is -0.120. The number of anilines is 1. The molecule has 0 heterocycles. The molecule has 168 valence electrons. The van der Waals surface area contributed by atoms with Gasteiger partial charge in [-0.2, -0.15) is 0 Å². The molecule has 0 aliphatic carbocycles. The normalized spacial score (nSPS) is 12.1. The van der Waals surface area contributed by atoms with Crippen molar-refractivity contribution in [2.75, 3.05) is 18.0 Å². The van der Waals surface area contributed by atoms with Crippen molar-refractivity contribution < 1.29 is 17.9 Å². The topological polar surface area (TPSA) is 75.7 Å². The highest BCUT2D eigenvalue weighted by molar-refractivity contribution is 7.92. The summed E-state index contributed by atoms with van der Waals surface area (Å²) in [5.74, 6) is 0.191. The van der Waals surface area contributed by atoms with Crippen LogP contribution in [0.5, 0.6) is 5.75 Å². The van der Waals surface area contributed by atoms with Gasteiger partial charge in [0.25, 0.3) is 10.0 Å². The first-order chi connectivity index (χ1) is 15.2. The molecule has 8 heteroatoms. The van der Waals surface area contributed by atoms with Crippen LogP contribution >= 0.6 is 11.6 Å². The molecule has 0 spiro atoms. The Hall–Kier alpha value is -3.03. The number of amides is 1. The molecule has 1 amide bonds. The molecule has 0 radical (unpaired) electrons. The number of methoxy groups -OCH3 is 1. The van der Waals surface area contributed by atoms with E-state index in [1.54, 1.807) is 49.6 Å². The molecule has 0 bridgehead atoms. The standard InChI is InChI=1S/C24H25ClN2O4S/c1-17-8-14-21(15-9-17)32(29,30)27(20-12-10-19(25)11-13-20)16-24(28)26-18(2)22-6-4-5-7-23(22)31-3/h4-15,18H,16H2,1-3H3,(H,26,28)/t18-/m1/s1. The molecule has 32 heavy (non-hydrogen) atoms. The second-order valence-corrected chi connectivity index (χ2v) is 9.63. The first-order valence-corrected chi connectivity index (χ1v) is 11.8. The molecule has 0 aromatic heterocycles. The Morgan fingerprint density at radius 1 is 1.03 bits per heavy atom. The summed E-state index contributed by atoms with van der Waals surface area (Å²) in [6.07, 6.45) is 0. The molecule has 0 unspecified atom stereocenters. The van der Waals surface area contributed by atoms with E-state index in [0.29, 0.717) is 16.5 Å². The number of nitrogens with zero attached hydrogens (tertiary/aromatic N) is 1. The smallest absolute Gasteiger partial charge is 0.264 e. The molecule has 6 nitrogen and oxygen atoms in total. The summed E-state index contributed by atoms with van der Waals surface area (Å²) in [5.41, 5.74) is 2.07. The van der Waals surface area contributed by atoms with Crippen molar-refractivity contribution in [3.63, 3.8) is 0 Å². The monoisotopic (exact) mass is 472 g/mol. The van der Waals surface area contributed by atoms with Gasteiger partial charge in [-0.25, -0.2) is 8.42 Å². The van der Waals surface area contributed by atoms with Crippen LogP contribution in [0, 0.1) is 6.92 Å². The third-order valence-electron chi connectivity index (χ3n) is 4.99. The first kappa shape index (κ1) is 23.6. The number of hydrogen-bond acceptors (Lipinski definition) is 4. The van der Waals surface area contributed by atoms with E-state index in [0.717, 1.165) is 15.4 Å². The van der Waals surface area contributed by atoms with Crippen molar-refractivity contribution in [2.45, 2.75) is 24.8 Å². The number of hydrogen-bond donors (Lipinski definition) is 1. The summed E-state index contributed by atoms with van der Waals surface area (Å²) in [4.78, 5) is 13.0. The molecule has 0 saturated heterocycles. The summed E-state index contributed by atoms with van der Waals surface area (Å²) in [6.45, 7) is 3.30. The number of para-hydroxylation sites is 1. The van der Waals surface area contributed by atoms with Crippen LogP contribution in [-0.2, 0) is 14.8 Å². The van der Waals surface area contributed by atoms with E-state index in [2.05, 4.69) is 5.32 Å². The highest BCUT2D eigenvalue weighted by atomic mass is 35.5. The Morgan fingerprint density at radius 2 is 1.66 bits per heavy atom. The van der Waals surface area contributed by atoms with E-state index in [9.17, 15) is 13.2 Å². The van der Waals surface area contributed by atoms with Gasteiger partial charge in [-0.15, -0.1) is 0 Å². The highest BCUT2D eigenvalue weighted by Gasteiger charge is 2.28. The highest BCUT2D eigenvalue weighted by Crippen LogP contribution is 2.27. The van der Waals surface area contributed by atoms with Gasteiger partial charge in [-0.05, 0) is 56.3 Å². The van der Waals surface area contributed by atoms with Crippen LogP contribution in [0.2, 0.25) is 5.02 Å². The zero-order valence-electron chi connectivity index (χ0n) is 18.1. The average Bonchev–Trinajstić information content (AvgIpc) is 2.78. The van der Waals surface area contributed by atoms with Gasteiger partial charge in [0.1, 0.15) is 12.3 Å². The summed E-state index contributed by atoms with van der Waals surface area (Å²) in [7, 11) is -2.43. The zero-order valence-corrected chi connectivity index (χ0v) is 19.7. The molecule has 3 aromatic carbocycles. The van der Waals surface area contributed by atoms with Gasteiger partial charge < -0.3 is 10.1 Å². The summed E-state index contributed by atoms with van der Waals surface area (Å²) in [5, 5.41) is 3.33. The number of ether oxygens (including phenoxy) is 1. The fraction of sp³-hybridized carbons (Fsp3) is 0.208. The van der Waals surface area contributed by atoms with Gasteiger partial charge in [0, 0.05) is 10.6 Å². The summed E-state index contributed by atoms with van der Waals surface area (Å²) < 4.78 is 33.3. The van der Waals surface area contributed by atoms with Crippen molar-refractivity contribution in [3.8, 4) is 5.75 Å². The van der Waals surface area contributed by atoms with Crippen LogP contribution in [0.25, 0.3) is 0 Å². The number of carbonyl (C=O) groups is 1. The molecule has 0 fully saturated rings. The number of aryl methyl sites for hydroxylation is 1. The predicted octanol–water partition coefficient (Wildman–Crippen LogP) is 4.73. The number of rotatable bonds is 8. The van der Waals surface area contributed by atoms with E-state index < -0.39 is 22.5 Å². The lowest BCUT2D eigenvalue weighted by Gasteiger charge is -2.25. The quantitative estimate of drug-likeness (QED) is 0.514. The molecule has 1 N–H and O–H groups in total. The molecule has 0 saturated carbocycles. The maximum Gasteiger partial charge on any atom is 0.264 e. The van der Waals surface area contributed by atoms with Crippen molar-refractivity contribution >= 4 is 33.2 Å². The van der Waals surface area contributed by atoms with Gasteiger partial charge in [-0.1, -0.05) is 47.5 Å². The Bertz CT molecular complexity index is 1180. The van der Waals surface area contributed by atoms with E-state index in [1.165, 1.54) is 12.1 Å². The molecule has 0 aliphatic rings. The molecular formula is C24H25ClN2O4S. The molecule has 1 atom stereocenters. The Balaban J connectivity index is 1.89. The molecule has 0 aliphatic heterocycles. The SMILES string of the molecule is COc1ccccc1[C@@H](C)NC(=O)CN(c1ccc(Cl)cc1)S(=O)(=O)c1ccc(C)cc1. The van der Waals surface area contributed by atoms with E-state index in [1.807, 2.05) is 32.0 Å².